The molecule has 2 aromatic heterocycles. The summed E-state index contributed by atoms with van der Waals surface area (Å²) in [6.07, 6.45) is -1.79. The summed E-state index contributed by atoms with van der Waals surface area (Å²) in [5, 5.41) is 45.4. The maximum Gasteiger partial charge on any atom is 0.342 e. The lowest BCUT2D eigenvalue weighted by Gasteiger charge is -2.24. The van der Waals surface area contributed by atoms with Gasteiger partial charge in [-0.3, -0.25) is 23.5 Å². The summed E-state index contributed by atoms with van der Waals surface area (Å²) in [6.45, 7) is 1.31. The van der Waals surface area contributed by atoms with Crippen molar-refractivity contribution in [3.05, 3.63) is 54.9 Å². The second-order valence-corrected chi connectivity index (χ2v) is 11.6. The molecule has 1 aromatic carbocycles. The van der Waals surface area contributed by atoms with Crippen LogP contribution in [0.2, 0.25) is 0 Å². The van der Waals surface area contributed by atoms with E-state index in [2.05, 4.69) is 20.0 Å². The van der Waals surface area contributed by atoms with E-state index in [1.54, 1.807) is 30.3 Å². The summed E-state index contributed by atoms with van der Waals surface area (Å²) in [6, 6.07) is 6.97. The Bertz CT molecular complexity index is 1650. The van der Waals surface area contributed by atoms with Gasteiger partial charge in [0.2, 0.25) is 0 Å². The molecule has 0 aliphatic carbocycles. The first-order chi connectivity index (χ1) is 21.5. The van der Waals surface area contributed by atoms with E-state index < -0.39 is 80.6 Å². The fourth-order valence-corrected chi connectivity index (χ4v) is 5.43. The SMILES string of the molecule is C[C@H](NP(=O)(CO[C@H]1C=C(F)[C@H](n2cnc3c(N)ncnc32)O1)Oc1ccccc1)C(=O)O.O=C(O)CC(O)(CC(=O)O)C(=O)O. The summed E-state index contributed by atoms with van der Waals surface area (Å²) in [7, 11) is -3.89. The monoisotopic (exact) mass is 670 g/mol. The maximum atomic E-state index is 14.7. The van der Waals surface area contributed by atoms with Gasteiger partial charge in [-0.2, -0.15) is 0 Å². The molecule has 46 heavy (non-hydrogen) atoms. The molecule has 1 aliphatic heterocycles. The van der Waals surface area contributed by atoms with Crippen LogP contribution in [0.3, 0.4) is 0 Å². The number of ether oxygens (including phenoxy) is 2. The van der Waals surface area contributed by atoms with E-state index in [1.165, 1.54) is 24.1 Å². The van der Waals surface area contributed by atoms with Crippen LogP contribution in [0.25, 0.3) is 11.2 Å². The molecular weight excluding hydrogens is 642 g/mol. The van der Waals surface area contributed by atoms with Gasteiger partial charge in [-0.1, -0.05) is 18.2 Å². The lowest BCUT2D eigenvalue weighted by atomic mass is 9.96. The molecule has 21 heteroatoms. The summed E-state index contributed by atoms with van der Waals surface area (Å²) < 4.78 is 45.9. The summed E-state index contributed by atoms with van der Waals surface area (Å²) in [4.78, 5) is 53.7. The number of carboxylic acid groups (broad SMARTS) is 4. The van der Waals surface area contributed by atoms with Crippen molar-refractivity contribution in [3.8, 4) is 5.75 Å². The number of carboxylic acids is 4. The molecule has 3 heterocycles. The molecule has 0 amide bonds. The quantitative estimate of drug-likeness (QED) is 0.118. The van der Waals surface area contributed by atoms with Crippen LogP contribution in [0.4, 0.5) is 10.2 Å². The molecular formula is C25H28FN6O13P. The summed E-state index contributed by atoms with van der Waals surface area (Å²) >= 11 is 0. The number of nitrogens with two attached hydrogens (primary N) is 1. The van der Waals surface area contributed by atoms with Gasteiger partial charge in [0.1, 0.15) is 23.6 Å². The largest absolute Gasteiger partial charge is 0.481 e. The zero-order valence-electron chi connectivity index (χ0n) is 23.7. The van der Waals surface area contributed by atoms with Crippen LogP contribution in [0.15, 0.2) is 54.9 Å². The summed E-state index contributed by atoms with van der Waals surface area (Å²) in [5.74, 6) is -6.57. The Balaban J connectivity index is 0.000000376. The van der Waals surface area contributed by atoms with E-state index in [9.17, 15) is 33.2 Å². The predicted octanol–water partition coefficient (Wildman–Crippen LogP) is 1.18. The molecule has 1 unspecified atom stereocenters. The number of anilines is 1. The van der Waals surface area contributed by atoms with Gasteiger partial charge in [0, 0.05) is 6.08 Å². The van der Waals surface area contributed by atoms with Crippen molar-refractivity contribution in [2.45, 2.75) is 43.9 Å². The molecule has 0 bridgehead atoms. The van der Waals surface area contributed by atoms with Crippen molar-refractivity contribution in [2.24, 2.45) is 0 Å². The number of aliphatic carboxylic acids is 4. The fourth-order valence-electron chi connectivity index (χ4n) is 3.75. The van der Waals surface area contributed by atoms with Crippen LogP contribution in [-0.2, 0) is 33.2 Å². The minimum absolute atomic E-state index is 0.131. The molecule has 19 nitrogen and oxygen atoms in total. The van der Waals surface area contributed by atoms with Crippen LogP contribution in [0, 0.1) is 0 Å². The number of hydrogen-bond acceptors (Lipinski definition) is 13. The van der Waals surface area contributed by atoms with Gasteiger partial charge in [-0.15, -0.1) is 0 Å². The number of carbonyl (C=O) groups is 4. The number of halogens is 1. The van der Waals surface area contributed by atoms with Gasteiger partial charge in [0.25, 0.3) is 0 Å². The molecule has 0 fully saturated rings. The number of rotatable bonds is 14. The topological polar surface area (TPSA) is 296 Å². The van der Waals surface area contributed by atoms with E-state index in [-0.39, 0.29) is 22.7 Å². The molecule has 248 valence electrons. The van der Waals surface area contributed by atoms with Gasteiger partial charge < -0.3 is 45.3 Å². The van der Waals surface area contributed by atoms with Crippen LogP contribution in [-0.4, -0.2) is 93.2 Å². The number of aliphatic hydroxyl groups is 1. The van der Waals surface area contributed by atoms with Crippen molar-refractivity contribution in [2.75, 3.05) is 12.1 Å². The lowest BCUT2D eigenvalue weighted by Crippen LogP contribution is -2.42. The van der Waals surface area contributed by atoms with Crippen LogP contribution < -0.4 is 15.3 Å². The molecule has 0 radical (unpaired) electrons. The molecule has 0 saturated carbocycles. The standard InChI is InChI=1S/C19H20FN6O6P.C6H8O7/c1-11(19(27)28)25-33(29,32-12-5-3-2-4-6-12)10-30-14-7-13(20)18(31-14)26-9-24-15-16(21)22-8-23-17(15)26;7-3(8)1-6(13,5(11)12)2-4(9)10/h2-9,11,14,18H,10H2,1H3,(H,25,29)(H,27,28)(H2,21,22,23);13H,1-2H2,(H,7,8)(H,9,10)(H,11,12)/t11-,14+,18+,33?;/m0./s1. The highest BCUT2D eigenvalue weighted by Gasteiger charge is 2.41. The number of imidazole rings is 1. The Morgan fingerprint density at radius 1 is 1.11 bits per heavy atom. The van der Waals surface area contributed by atoms with E-state index in [1.807, 2.05) is 0 Å². The van der Waals surface area contributed by atoms with E-state index in [0.717, 1.165) is 6.08 Å². The smallest absolute Gasteiger partial charge is 0.342 e. The van der Waals surface area contributed by atoms with Crippen LogP contribution in [0.5, 0.6) is 5.75 Å². The van der Waals surface area contributed by atoms with E-state index >= 15 is 0 Å². The number of benzene rings is 1. The number of nitrogen functional groups attached to an aromatic ring is 1. The average Bonchev–Trinajstić information content (AvgIpc) is 3.55. The Morgan fingerprint density at radius 3 is 2.30 bits per heavy atom. The fraction of sp³-hybridized carbons (Fsp3) is 0.320. The van der Waals surface area contributed by atoms with Crippen LogP contribution >= 0.6 is 7.52 Å². The van der Waals surface area contributed by atoms with Crippen molar-refractivity contribution in [1.82, 2.24) is 24.6 Å². The third kappa shape index (κ3) is 9.25. The molecule has 4 atom stereocenters. The summed E-state index contributed by atoms with van der Waals surface area (Å²) in [5.41, 5.74) is 3.56. The molecule has 1 aliphatic rings. The normalized spacial score (nSPS) is 18.0. The van der Waals surface area contributed by atoms with Crippen molar-refractivity contribution < 1.29 is 67.7 Å². The number of nitrogens with zero attached hydrogens (tertiary/aromatic N) is 4. The predicted molar refractivity (Wildman–Crippen MR) is 151 cm³/mol. The second kappa shape index (κ2) is 14.8. The van der Waals surface area contributed by atoms with Crippen LogP contribution in [0.1, 0.15) is 26.0 Å². The van der Waals surface area contributed by atoms with Gasteiger partial charge in [0.15, 0.2) is 41.8 Å². The Hall–Kier alpha value is -5.01. The minimum Gasteiger partial charge on any atom is -0.481 e. The molecule has 0 spiro atoms. The Labute approximate surface area is 257 Å². The molecule has 8 N–H and O–H groups in total. The highest BCUT2D eigenvalue weighted by molar-refractivity contribution is 7.57. The van der Waals surface area contributed by atoms with Gasteiger partial charge in [0.05, 0.1) is 19.2 Å². The van der Waals surface area contributed by atoms with Gasteiger partial charge >= 0.3 is 31.4 Å². The Kier molecular flexibility index (Phi) is 11.4. The number of hydrogen-bond donors (Lipinski definition) is 7. The number of aromatic nitrogens is 4. The zero-order chi connectivity index (χ0) is 34.2. The highest BCUT2D eigenvalue weighted by atomic mass is 31.2. The molecule has 3 aromatic rings. The maximum absolute atomic E-state index is 14.7. The van der Waals surface area contributed by atoms with E-state index in [4.69, 9.17) is 40.2 Å². The number of fused-ring (bicyclic) bond motifs is 1. The lowest BCUT2D eigenvalue weighted by molar-refractivity contribution is -0.170. The zero-order valence-corrected chi connectivity index (χ0v) is 24.6. The van der Waals surface area contributed by atoms with E-state index in [0.29, 0.717) is 0 Å². The number of nitrogens with one attached hydrogen (secondary N) is 1. The Morgan fingerprint density at radius 2 is 1.74 bits per heavy atom. The van der Waals surface area contributed by atoms with Crippen molar-refractivity contribution in [3.63, 3.8) is 0 Å². The number of para-hydroxylation sites is 1. The highest BCUT2D eigenvalue weighted by Crippen LogP contribution is 2.45. The molecule has 0 saturated heterocycles. The van der Waals surface area contributed by atoms with Crippen molar-refractivity contribution >= 4 is 48.4 Å². The third-order valence-electron chi connectivity index (χ3n) is 5.89. The second-order valence-electron chi connectivity index (χ2n) is 9.53. The molecule has 4 rings (SSSR count). The van der Waals surface area contributed by atoms with Crippen molar-refractivity contribution in [1.29, 1.82) is 0 Å². The first-order valence-corrected chi connectivity index (χ1v) is 14.7. The minimum atomic E-state index is -3.89. The first-order valence-electron chi connectivity index (χ1n) is 12.8. The average molecular weight is 671 g/mol. The third-order valence-corrected chi connectivity index (χ3v) is 7.66. The first kappa shape index (κ1) is 35.5. The van der Waals surface area contributed by atoms with Gasteiger partial charge in [-0.05, 0) is 19.1 Å². The van der Waals surface area contributed by atoms with Gasteiger partial charge in [-0.25, -0.2) is 29.2 Å².